The first-order valence-electron chi connectivity index (χ1n) is 7.26. The topological polar surface area (TPSA) is 29.1 Å². The Kier molecular flexibility index (Phi) is 6.71. The Morgan fingerprint density at radius 1 is 1.29 bits per heavy atom. The molecular formula is C14H29NOS. The molecule has 1 saturated carbocycles. The maximum Gasteiger partial charge on any atom is 0.0506 e. The molecule has 0 aliphatic heterocycles. The lowest BCUT2D eigenvalue weighted by molar-refractivity contribution is 0.293. The maximum absolute atomic E-state index is 12.5. The molecule has 3 heteroatoms. The van der Waals surface area contributed by atoms with Crippen LogP contribution in [0, 0.1) is 5.92 Å². The van der Waals surface area contributed by atoms with Crippen LogP contribution in [0.3, 0.4) is 0 Å². The minimum atomic E-state index is -0.668. The molecule has 1 rings (SSSR count). The van der Waals surface area contributed by atoms with E-state index in [1.165, 1.54) is 19.3 Å². The van der Waals surface area contributed by atoms with Crippen molar-refractivity contribution in [2.45, 2.75) is 76.3 Å². The van der Waals surface area contributed by atoms with Gasteiger partial charge in [-0.1, -0.05) is 34.1 Å². The smallest absolute Gasteiger partial charge is 0.0506 e. The van der Waals surface area contributed by atoms with E-state index in [-0.39, 0.29) is 0 Å². The van der Waals surface area contributed by atoms with Crippen molar-refractivity contribution < 1.29 is 4.21 Å². The lowest BCUT2D eigenvalue weighted by atomic mass is 9.84. The molecule has 0 spiro atoms. The van der Waals surface area contributed by atoms with Gasteiger partial charge in [0.1, 0.15) is 0 Å². The Hall–Kier alpha value is 0.110. The van der Waals surface area contributed by atoms with E-state index in [1.807, 2.05) is 0 Å². The van der Waals surface area contributed by atoms with E-state index in [0.29, 0.717) is 16.5 Å². The van der Waals surface area contributed by atoms with Crippen molar-refractivity contribution in [1.29, 1.82) is 0 Å². The molecule has 1 N–H and O–H groups in total. The van der Waals surface area contributed by atoms with Gasteiger partial charge in [0, 0.05) is 22.1 Å². The highest BCUT2D eigenvalue weighted by Gasteiger charge is 2.34. The van der Waals surface area contributed by atoms with Crippen LogP contribution < -0.4 is 5.32 Å². The fourth-order valence-corrected chi connectivity index (χ4v) is 4.74. The van der Waals surface area contributed by atoms with Gasteiger partial charge >= 0.3 is 0 Å². The summed E-state index contributed by atoms with van der Waals surface area (Å²) >= 11 is 0. The average molecular weight is 259 g/mol. The number of hydrogen-bond donors (Lipinski definition) is 1. The molecule has 0 radical (unpaired) electrons. The Bertz CT molecular complexity index is 244. The minimum Gasteiger partial charge on any atom is -0.313 e. The van der Waals surface area contributed by atoms with Crippen molar-refractivity contribution in [2.75, 3.05) is 6.54 Å². The van der Waals surface area contributed by atoms with E-state index in [4.69, 9.17) is 0 Å². The molecule has 1 aliphatic carbocycles. The highest BCUT2D eigenvalue weighted by Crippen LogP contribution is 2.31. The summed E-state index contributed by atoms with van der Waals surface area (Å²) in [6.45, 7) is 9.69. The van der Waals surface area contributed by atoms with Crippen LogP contribution in [0.2, 0.25) is 0 Å². The summed E-state index contributed by atoms with van der Waals surface area (Å²) in [7, 11) is -0.668. The first kappa shape index (κ1) is 15.2. The third-order valence-corrected chi connectivity index (χ3v) is 6.46. The lowest BCUT2D eigenvalue weighted by Crippen LogP contribution is -2.47. The zero-order valence-electron chi connectivity index (χ0n) is 11.9. The first-order chi connectivity index (χ1) is 8.13. The predicted molar refractivity (Wildman–Crippen MR) is 76.8 cm³/mol. The molecule has 5 atom stereocenters. The second-order valence-corrected chi connectivity index (χ2v) is 7.40. The summed E-state index contributed by atoms with van der Waals surface area (Å²) in [5, 5.41) is 4.27. The summed E-state index contributed by atoms with van der Waals surface area (Å²) in [5.41, 5.74) is 0. The van der Waals surface area contributed by atoms with E-state index in [0.717, 1.165) is 25.3 Å². The third kappa shape index (κ3) is 4.06. The second-order valence-electron chi connectivity index (χ2n) is 5.34. The third-order valence-electron chi connectivity index (χ3n) is 4.21. The van der Waals surface area contributed by atoms with Crippen molar-refractivity contribution >= 4 is 10.8 Å². The molecule has 5 unspecified atom stereocenters. The summed E-state index contributed by atoms with van der Waals surface area (Å²) in [6.07, 6.45) is 5.94. The van der Waals surface area contributed by atoms with Gasteiger partial charge in [0.25, 0.3) is 0 Å². The predicted octanol–water partition coefficient (Wildman–Crippen LogP) is 3.09. The number of rotatable bonds is 6. The number of nitrogens with one attached hydrogen (secondary N) is 1. The minimum absolute atomic E-state index is 0.344. The molecule has 0 bridgehead atoms. The van der Waals surface area contributed by atoms with E-state index >= 15 is 0 Å². The average Bonchev–Trinajstić information content (AvgIpc) is 2.37. The highest BCUT2D eigenvalue weighted by atomic mass is 32.2. The van der Waals surface area contributed by atoms with Gasteiger partial charge < -0.3 is 5.32 Å². The van der Waals surface area contributed by atoms with Crippen molar-refractivity contribution in [1.82, 2.24) is 5.32 Å². The molecule has 0 amide bonds. The van der Waals surface area contributed by atoms with Crippen LogP contribution in [0.4, 0.5) is 0 Å². The van der Waals surface area contributed by atoms with Gasteiger partial charge in [0.05, 0.1) is 5.25 Å². The maximum atomic E-state index is 12.5. The molecule has 0 aromatic carbocycles. The second kappa shape index (κ2) is 7.52. The van der Waals surface area contributed by atoms with Crippen LogP contribution >= 0.6 is 0 Å². The van der Waals surface area contributed by atoms with Gasteiger partial charge in [-0.3, -0.25) is 4.21 Å². The Morgan fingerprint density at radius 2 is 2.00 bits per heavy atom. The fraction of sp³-hybridized carbons (Fsp3) is 1.00. The van der Waals surface area contributed by atoms with Gasteiger partial charge in [-0.15, -0.1) is 0 Å². The highest BCUT2D eigenvalue weighted by molar-refractivity contribution is 7.86. The lowest BCUT2D eigenvalue weighted by Gasteiger charge is -2.37. The molecule has 0 saturated heterocycles. The van der Waals surface area contributed by atoms with Crippen molar-refractivity contribution in [3.8, 4) is 0 Å². The van der Waals surface area contributed by atoms with E-state index in [2.05, 4.69) is 33.0 Å². The summed E-state index contributed by atoms with van der Waals surface area (Å²) < 4.78 is 12.5. The monoisotopic (exact) mass is 259 g/mol. The van der Waals surface area contributed by atoms with Crippen LogP contribution in [-0.2, 0) is 10.8 Å². The van der Waals surface area contributed by atoms with E-state index < -0.39 is 10.8 Å². The van der Waals surface area contributed by atoms with E-state index in [9.17, 15) is 4.21 Å². The quantitative estimate of drug-likeness (QED) is 0.794. The van der Waals surface area contributed by atoms with Crippen LogP contribution in [0.5, 0.6) is 0 Å². The van der Waals surface area contributed by atoms with Gasteiger partial charge in [0.2, 0.25) is 0 Å². The molecule has 1 fully saturated rings. The molecule has 102 valence electrons. The van der Waals surface area contributed by atoms with Crippen molar-refractivity contribution in [2.24, 2.45) is 5.92 Å². The first-order valence-corrected chi connectivity index (χ1v) is 8.54. The molecule has 17 heavy (non-hydrogen) atoms. The summed E-state index contributed by atoms with van der Waals surface area (Å²) in [6, 6.07) is 0.484. The normalized spacial score (nSPS) is 33.3. The van der Waals surface area contributed by atoms with Crippen molar-refractivity contribution in [3.05, 3.63) is 0 Å². The van der Waals surface area contributed by atoms with E-state index in [1.54, 1.807) is 0 Å². The standard InChI is InChI=1S/C14H29NOS/c1-5-11(4)17(16)14-10-12(6-2)8-9-13(14)15-7-3/h11-15H,5-10H2,1-4H3. The zero-order chi connectivity index (χ0) is 12.8. The summed E-state index contributed by atoms with van der Waals surface area (Å²) in [5.74, 6) is 0.794. The largest absolute Gasteiger partial charge is 0.313 e. The fourth-order valence-electron chi connectivity index (χ4n) is 2.80. The number of hydrogen-bond acceptors (Lipinski definition) is 2. The zero-order valence-corrected chi connectivity index (χ0v) is 12.7. The Labute approximate surface area is 109 Å². The van der Waals surface area contributed by atoms with Crippen molar-refractivity contribution in [3.63, 3.8) is 0 Å². The van der Waals surface area contributed by atoms with Crippen LogP contribution in [-0.4, -0.2) is 27.3 Å². The molecule has 0 heterocycles. The van der Waals surface area contributed by atoms with Gasteiger partial charge in [-0.05, 0) is 38.1 Å². The molecular weight excluding hydrogens is 230 g/mol. The van der Waals surface area contributed by atoms with Gasteiger partial charge in [0.15, 0.2) is 0 Å². The van der Waals surface area contributed by atoms with Crippen LogP contribution in [0.15, 0.2) is 0 Å². The van der Waals surface area contributed by atoms with Crippen LogP contribution in [0.1, 0.15) is 59.8 Å². The molecule has 1 aliphatic rings. The van der Waals surface area contributed by atoms with Gasteiger partial charge in [-0.2, -0.15) is 0 Å². The van der Waals surface area contributed by atoms with Gasteiger partial charge in [-0.25, -0.2) is 0 Å². The molecule has 0 aromatic rings. The Morgan fingerprint density at radius 3 is 2.53 bits per heavy atom. The molecule has 0 aromatic heterocycles. The Balaban J connectivity index is 2.69. The molecule has 2 nitrogen and oxygen atoms in total. The summed E-state index contributed by atoms with van der Waals surface area (Å²) in [4.78, 5) is 0. The van der Waals surface area contributed by atoms with Crippen LogP contribution in [0.25, 0.3) is 0 Å². The SMILES string of the molecule is CCNC1CCC(CC)CC1S(=O)C(C)CC.